The molecule has 7 heteroatoms. The number of methoxy groups -OCH3 is 2. The van der Waals surface area contributed by atoms with Crippen LogP contribution in [-0.4, -0.2) is 43.3 Å². The van der Waals surface area contributed by atoms with Gasteiger partial charge >= 0.3 is 5.97 Å². The second-order valence-electron chi connectivity index (χ2n) is 9.58. The number of aliphatic hydroxyl groups is 1. The fourth-order valence-electron chi connectivity index (χ4n) is 5.24. The Balaban J connectivity index is 1.54. The van der Waals surface area contributed by atoms with E-state index in [1.54, 1.807) is 18.4 Å². The van der Waals surface area contributed by atoms with E-state index in [0.717, 1.165) is 42.9 Å². The Bertz CT molecular complexity index is 872. The second-order valence-corrected chi connectivity index (χ2v) is 11.4. The summed E-state index contributed by atoms with van der Waals surface area (Å²) < 4.78 is 11.1. The summed E-state index contributed by atoms with van der Waals surface area (Å²) in [6.45, 7) is 0. The number of ether oxygens (including phenoxy) is 2. The highest BCUT2D eigenvalue weighted by atomic mass is 35.5. The smallest absolute Gasteiger partial charge is 0.305 e. The van der Waals surface area contributed by atoms with Crippen molar-refractivity contribution in [2.24, 2.45) is 17.3 Å². The molecule has 0 bridgehead atoms. The van der Waals surface area contributed by atoms with Gasteiger partial charge in [-0.25, -0.2) is 0 Å². The number of carbonyl (C=O) groups excluding carboxylic acids is 2. The van der Waals surface area contributed by atoms with Gasteiger partial charge in [-0.05, 0) is 57.1 Å². The molecule has 1 heterocycles. The van der Waals surface area contributed by atoms with Crippen LogP contribution in [0.2, 0.25) is 4.34 Å². The minimum Gasteiger partial charge on any atom is -0.469 e. The quantitative estimate of drug-likeness (QED) is 0.203. The van der Waals surface area contributed by atoms with Gasteiger partial charge in [-0.15, -0.1) is 11.3 Å². The first kappa shape index (κ1) is 27.1. The predicted octanol–water partition coefficient (Wildman–Crippen LogP) is 5.93. The van der Waals surface area contributed by atoms with E-state index in [1.807, 2.05) is 18.2 Å². The van der Waals surface area contributed by atoms with Crippen LogP contribution < -0.4 is 0 Å². The van der Waals surface area contributed by atoms with Crippen molar-refractivity contribution >= 4 is 34.7 Å². The molecule has 4 atom stereocenters. The molecule has 0 saturated heterocycles. The number of hydrogen-bond acceptors (Lipinski definition) is 6. The fourth-order valence-corrected chi connectivity index (χ4v) is 6.48. The monoisotopic (exact) mass is 508 g/mol. The van der Waals surface area contributed by atoms with Gasteiger partial charge in [0.25, 0.3) is 0 Å². The van der Waals surface area contributed by atoms with Crippen molar-refractivity contribution in [2.75, 3.05) is 14.2 Å². The maximum absolute atomic E-state index is 12.7. The van der Waals surface area contributed by atoms with Crippen molar-refractivity contribution < 1.29 is 24.2 Å². The van der Waals surface area contributed by atoms with Crippen molar-refractivity contribution in [3.05, 3.63) is 45.7 Å². The summed E-state index contributed by atoms with van der Waals surface area (Å²) in [6.07, 6.45) is 15.4. The van der Waals surface area contributed by atoms with Crippen LogP contribution in [0.15, 0.2) is 36.4 Å². The summed E-state index contributed by atoms with van der Waals surface area (Å²) in [4.78, 5) is 25.1. The van der Waals surface area contributed by atoms with Crippen molar-refractivity contribution in [3.8, 4) is 0 Å². The topological polar surface area (TPSA) is 72.8 Å². The van der Waals surface area contributed by atoms with Gasteiger partial charge in [0.05, 0.1) is 23.7 Å². The van der Waals surface area contributed by atoms with Gasteiger partial charge in [-0.3, -0.25) is 9.59 Å². The Kier molecular flexibility index (Phi) is 10.4. The molecule has 2 aliphatic carbocycles. The predicted molar refractivity (Wildman–Crippen MR) is 136 cm³/mol. The van der Waals surface area contributed by atoms with Gasteiger partial charge in [0.15, 0.2) is 0 Å². The molecule has 0 amide bonds. The van der Waals surface area contributed by atoms with E-state index < -0.39 is 6.10 Å². The normalized spacial score (nSPS) is 25.2. The number of unbranched alkanes of at least 4 members (excludes halogenated alkanes) is 1. The van der Waals surface area contributed by atoms with Crippen LogP contribution in [0.1, 0.15) is 62.7 Å². The Hall–Kier alpha value is -1.47. The van der Waals surface area contributed by atoms with Crippen LogP contribution in [0, 0.1) is 17.3 Å². The van der Waals surface area contributed by atoms with Gasteiger partial charge in [0, 0.05) is 42.1 Å². The highest BCUT2D eigenvalue weighted by molar-refractivity contribution is 7.16. The molecule has 2 saturated carbocycles. The molecule has 0 aliphatic heterocycles. The van der Waals surface area contributed by atoms with Crippen LogP contribution in [0.4, 0.5) is 0 Å². The zero-order valence-electron chi connectivity index (χ0n) is 20.2. The Morgan fingerprint density at radius 1 is 1.29 bits per heavy atom. The maximum atomic E-state index is 12.7. The van der Waals surface area contributed by atoms with Crippen LogP contribution in [-0.2, 0) is 25.5 Å². The number of rotatable bonds is 13. The molecule has 2 fully saturated rings. The fraction of sp³-hybridized carbons (Fsp3) is 0.630. The maximum Gasteiger partial charge on any atom is 0.305 e. The zero-order valence-corrected chi connectivity index (χ0v) is 21.8. The summed E-state index contributed by atoms with van der Waals surface area (Å²) in [5.41, 5.74) is -0.0724. The summed E-state index contributed by atoms with van der Waals surface area (Å²) in [6, 6.07) is 3.99. The van der Waals surface area contributed by atoms with Gasteiger partial charge in [-0.1, -0.05) is 42.3 Å². The Labute approximate surface area is 212 Å². The van der Waals surface area contributed by atoms with E-state index in [2.05, 4.69) is 23.0 Å². The molecule has 0 aromatic carbocycles. The molecule has 0 spiro atoms. The lowest BCUT2D eigenvalue weighted by Gasteiger charge is -2.45. The number of halogens is 1. The van der Waals surface area contributed by atoms with Crippen LogP contribution in [0.25, 0.3) is 0 Å². The number of Topliss-reactive ketones (excluding diaryl/α,β-unsaturated/α-hetero) is 1. The average Bonchev–Trinajstić information content (AvgIpc) is 3.34. The molecule has 3 rings (SSSR count). The van der Waals surface area contributed by atoms with Crippen molar-refractivity contribution in [1.29, 1.82) is 0 Å². The second kappa shape index (κ2) is 13.0. The number of allylic oxidation sites excluding steroid dienone is 2. The standard InChI is InChI=1S/C27H37ClO5S/c1-32-23-17-22(29)20(9-5-3-4-6-12-26(31)33-2)21(23)10-7-11-24(30)27(15-8-16-27)18-19-13-14-25(28)34-19/h3,5,7,10,13-14,20-21,23-24,30H,4,6,8-9,11-12,15-18H2,1-2H3/t20-,21-,23-,24?/m1/s1. The lowest BCUT2D eigenvalue weighted by atomic mass is 9.62. The number of thiophene rings is 1. The molecule has 1 aromatic rings. The summed E-state index contributed by atoms with van der Waals surface area (Å²) in [5, 5.41) is 11.1. The molecule has 188 valence electrons. The molecule has 2 aliphatic rings. The first-order valence-corrected chi connectivity index (χ1v) is 13.4. The van der Waals surface area contributed by atoms with Gasteiger partial charge in [0.2, 0.25) is 0 Å². The first-order chi connectivity index (χ1) is 16.4. The molecule has 1 unspecified atom stereocenters. The number of aliphatic hydroxyl groups excluding tert-OH is 1. The first-order valence-electron chi connectivity index (χ1n) is 12.2. The van der Waals surface area contributed by atoms with Crippen LogP contribution in [0.3, 0.4) is 0 Å². The van der Waals surface area contributed by atoms with Gasteiger partial charge in [-0.2, -0.15) is 0 Å². The zero-order chi connectivity index (χ0) is 24.6. The van der Waals surface area contributed by atoms with Crippen molar-refractivity contribution in [2.45, 2.75) is 76.4 Å². The van der Waals surface area contributed by atoms with E-state index in [0.29, 0.717) is 25.7 Å². The van der Waals surface area contributed by atoms with E-state index in [4.69, 9.17) is 16.3 Å². The van der Waals surface area contributed by atoms with E-state index in [-0.39, 0.29) is 35.1 Å². The van der Waals surface area contributed by atoms with E-state index >= 15 is 0 Å². The summed E-state index contributed by atoms with van der Waals surface area (Å²) >= 11 is 7.70. The van der Waals surface area contributed by atoms with Crippen molar-refractivity contribution in [3.63, 3.8) is 0 Å². The van der Waals surface area contributed by atoms with E-state index in [1.165, 1.54) is 12.0 Å². The van der Waals surface area contributed by atoms with E-state index in [9.17, 15) is 14.7 Å². The minimum absolute atomic E-state index is 0.0119. The summed E-state index contributed by atoms with van der Waals surface area (Å²) in [5.74, 6) is -0.0668. The molecule has 1 N–H and O–H groups in total. The third-order valence-electron chi connectivity index (χ3n) is 7.48. The summed E-state index contributed by atoms with van der Waals surface area (Å²) in [7, 11) is 3.06. The Morgan fingerprint density at radius 3 is 2.71 bits per heavy atom. The third-order valence-corrected chi connectivity index (χ3v) is 8.71. The molecule has 0 radical (unpaired) electrons. The highest BCUT2D eigenvalue weighted by Gasteiger charge is 2.44. The largest absolute Gasteiger partial charge is 0.469 e. The van der Waals surface area contributed by atoms with Crippen molar-refractivity contribution in [1.82, 2.24) is 0 Å². The highest BCUT2D eigenvalue weighted by Crippen LogP contribution is 2.48. The molecule has 5 nitrogen and oxygen atoms in total. The molecule has 34 heavy (non-hydrogen) atoms. The lowest BCUT2D eigenvalue weighted by Crippen LogP contribution is -2.42. The number of ketones is 1. The Morgan fingerprint density at radius 2 is 2.09 bits per heavy atom. The molecular formula is C27H37ClO5S. The van der Waals surface area contributed by atoms with Crippen LogP contribution >= 0.6 is 22.9 Å². The van der Waals surface area contributed by atoms with Gasteiger partial charge < -0.3 is 14.6 Å². The van der Waals surface area contributed by atoms with Gasteiger partial charge in [0.1, 0.15) is 5.78 Å². The number of carbonyl (C=O) groups is 2. The lowest BCUT2D eigenvalue weighted by molar-refractivity contribution is -0.140. The molecular weight excluding hydrogens is 472 g/mol. The number of hydrogen-bond donors (Lipinski definition) is 1. The van der Waals surface area contributed by atoms with Crippen LogP contribution in [0.5, 0.6) is 0 Å². The SMILES string of the molecule is COC(=O)CCCC=CC[C@H]1C(=O)C[C@@H](OC)[C@@H]1C=CCC(O)C1(Cc2ccc(Cl)s2)CCC1. The third kappa shape index (κ3) is 7.03. The average molecular weight is 509 g/mol. The molecule has 1 aromatic heterocycles. The minimum atomic E-state index is -0.412. The number of esters is 1.